The van der Waals surface area contributed by atoms with Crippen molar-refractivity contribution in [1.29, 1.82) is 5.26 Å². The quantitative estimate of drug-likeness (QED) is 0.617. The average molecular weight is 248 g/mol. The van der Waals surface area contributed by atoms with Crippen LogP contribution in [-0.4, -0.2) is 25.1 Å². The van der Waals surface area contributed by atoms with E-state index in [0.717, 1.165) is 0 Å². The predicted molar refractivity (Wildman–Crippen MR) is 70.8 cm³/mol. The molecule has 1 aromatic rings. The molecule has 0 aromatic heterocycles. The van der Waals surface area contributed by atoms with E-state index in [-0.39, 0.29) is 5.69 Å². The molecule has 0 fully saturated rings. The highest BCUT2D eigenvalue weighted by molar-refractivity contribution is 5.76. The molecule has 18 heavy (non-hydrogen) atoms. The summed E-state index contributed by atoms with van der Waals surface area (Å²) in [5.41, 5.74) is 1.08. The molecule has 0 amide bonds. The van der Waals surface area contributed by atoms with Gasteiger partial charge in [-0.1, -0.05) is 6.07 Å². The summed E-state index contributed by atoms with van der Waals surface area (Å²) in [6.07, 6.45) is 0.332. The van der Waals surface area contributed by atoms with Gasteiger partial charge in [-0.2, -0.15) is 5.26 Å². The average Bonchev–Trinajstić information content (AvgIpc) is 2.35. The van der Waals surface area contributed by atoms with Crippen LogP contribution in [-0.2, 0) is 0 Å². The summed E-state index contributed by atoms with van der Waals surface area (Å²) in [5.74, 6) is 0. The molecule has 0 aliphatic carbocycles. The standard InChI is InChI=1S/C12H16N4O2/c1-3-14-10-6-4-7-11(12(10)16(17)18)15(2)9-5-8-13/h4,6-7,14H,3,5,9H2,1-2H3. The molecule has 0 bridgehead atoms. The molecule has 0 saturated carbocycles. The van der Waals surface area contributed by atoms with Gasteiger partial charge in [0.05, 0.1) is 17.4 Å². The van der Waals surface area contributed by atoms with Gasteiger partial charge in [0.2, 0.25) is 0 Å². The molecule has 0 saturated heterocycles. The van der Waals surface area contributed by atoms with Gasteiger partial charge in [-0.3, -0.25) is 10.1 Å². The molecule has 6 heteroatoms. The molecule has 1 aromatic carbocycles. The van der Waals surface area contributed by atoms with Crippen LogP contribution in [0.1, 0.15) is 13.3 Å². The van der Waals surface area contributed by atoms with Gasteiger partial charge in [-0.15, -0.1) is 0 Å². The first-order chi connectivity index (χ1) is 8.61. The minimum Gasteiger partial charge on any atom is -0.380 e. The van der Waals surface area contributed by atoms with Crippen molar-refractivity contribution in [3.8, 4) is 6.07 Å². The van der Waals surface area contributed by atoms with E-state index < -0.39 is 4.92 Å². The Kier molecular flexibility index (Phi) is 4.93. The topological polar surface area (TPSA) is 82.2 Å². The van der Waals surface area contributed by atoms with E-state index in [1.807, 2.05) is 13.0 Å². The summed E-state index contributed by atoms with van der Waals surface area (Å²) in [5, 5.41) is 22.7. The first-order valence-electron chi connectivity index (χ1n) is 5.71. The Morgan fingerprint density at radius 1 is 1.56 bits per heavy atom. The number of para-hydroxylation sites is 1. The van der Waals surface area contributed by atoms with Gasteiger partial charge in [0.25, 0.3) is 0 Å². The Hall–Kier alpha value is -2.29. The number of benzene rings is 1. The van der Waals surface area contributed by atoms with Crippen molar-refractivity contribution in [1.82, 2.24) is 0 Å². The summed E-state index contributed by atoms with van der Waals surface area (Å²) in [6, 6.07) is 7.17. The van der Waals surface area contributed by atoms with E-state index in [1.54, 1.807) is 30.1 Å². The lowest BCUT2D eigenvalue weighted by atomic mass is 10.2. The number of nitrogens with zero attached hydrogens (tertiary/aromatic N) is 3. The summed E-state index contributed by atoms with van der Waals surface area (Å²) in [6.45, 7) is 2.97. The summed E-state index contributed by atoms with van der Waals surface area (Å²) in [4.78, 5) is 12.5. The van der Waals surface area contributed by atoms with Crippen molar-refractivity contribution >= 4 is 17.1 Å². The van der Waals surface area contributed by atoms with Crippen molar-refractivity contribution in [3.63, 3.8) is 0 Å². The molecular weight excluding hydrogens is 232 g/mol. The molecular formula is C12H16N4O2. The van der Waals surface area contributed by atoms with Crippen LogP contribution in [0.2, 0.25) is 0 Å². The molecule has 96 valence electrons. The second-order valence-electron chi connectivity index (χ2n) is 3.79. The van der Waals surface area contributed by atoms with Gasteiger partial charge in [-0.25, -0.2) is 0 Å². The molecule has 6 nitrogen and oxygen atoms in total. The fourth-order valence-corrected chi connectivity index (χ4v) is 1.70. The largest absolute Gasteiger partial charge is 0.380 e. The minimum atomic E-state index is -0.393. The first-order valence-corrected chi connectivity index (χ1v) is 5.71. The van der Waals surface area contributed by atoms with E-state index in [0.29, 0.717) is 30.9 Å². The van der Waals surface area contributed by atoms with Crippen LogP contribution in [0.4, 0.5) is 17.1 Å². The van der Waals surface area contributed by atoms with Crippen molar-refractivity contribution in [2.45, 2.75) is 13.3 Å². The molecule has 0 radical (unpaired) electrons. The molecule has 0 aliphatic rings. The van der Waals surface area contributed by atoms with Crippen molar-refractivity contribution < 1.29 is 4.92 Å². The maximum absolute atomic E-state index is 11.2. The zero-order valence-corrected chi connectivity index (χ0v) is 10.5. The zero-order valence-electron chi connectivity index (χ0n) is 10.5. The maximum atomic E-state index is 11.2. The fraction of sp³-hybridized carbons (Fsp3) is 0.417. The molecule has 0 heterocycles. The molecule has 0 unspecified atom stereocenters. The number of nitriles is 1. The van der Waals surface area contributed by atoms with Crippen LogP contribution < -0.4 is 10.2 Å². The number of hydrogen-bond acceptors (Lipinski definition) is 5. The predicted octanol–water partition coefficient (Wildman–Crippen LogP) is 2.38. The van der Waals surface area contributed by atoms with Crippen LogP contribution in [0.3, 0.4) is 0 Å². The Labute approximate surface area is 106 Å². The van der Waals surface area contributed by atoms with Gasteiger partial charge in [-0.05, 0) is 19.1 Å². The fourth-order valence-electron chi connectivity index (χ4n) is 1.70. The zero-order chi connectivity index (χ0) is 13.5. The molecule has 0 atom stereocenters. The minimum absolute atomic E-state index is 0.0554. The number of hydrogen-bond donors (Lipinski definition) is 1. The Morgan fingerprint density at radius 3 is 2.83 bits per heavy atom. The van der Waals surface area contributed by atoms with E-state index in [1.165, 1.54) is 0 Å². The van der Waals surface area contributed by atoms with Gasteiger partial charge in [0.15, 0.2) is 0 Å². The highest BCUT2D eigenvalue weighted by Gasteiger charge is 2.21. The second-order valence-corrected chi connectivity index (χ2v) is 3.79. The van der Waals surface area contributed by atoms with Crippen LogP contribution in [0, 0.1) is 21.4 Å². The highest BCUT2D eigenvalue weighted by Crippen LogP contribution is 2.34. The number of nitro benzene ring substituents is 1. The summed E-state index contributed by atoms with van der Waals surface area (Å²) in [7, 11) is 1.75. The number of rotatable bonds is 6. The van der Waals surface area contributed by atoms with Crippen LogP contribution in [0.5, 0.6) is 0 Å². The van der Waals surface area contributed by atoms with Crippen molar-refractivity contribution in [2.24, 2.45) is 0 Å². The molecule has 0 aliphatic heterocycles. The maximum Gasteiger partial charge on any atom is 0.315 e. The number of nitro groups is 1. The Bertz CT molecular complexity index is 468. The number of anilines is 2. The highest BCUT2D eigenvalue weighted by atomic mass is 16.6. The van der Waals surface area contributed by atoms with Gasteiger partial charge < -0.3 is 10.2 Å². The molecule has 0 spiro atoms. The smallest absolute Gasteiger partial charge is 0.315 e. The third-order valence-electron chi connectivity index (χ3n) is 2.53. The monoisotopic (exact) mass is 248 g/mol. The lowest BCUT2D eigenvalue weighted by Gasteiger charge is -2.19. The molecule has 1 N–H and O–H groups in total. The summed E-state index contributed by atoms with van der Waals surface area (Å²) < 4.78 is 0. The van der Waals surface area contributed by atoms with Crippen molar-refractivity contribution in [2.75, 3.05) is 30.4 Å². The van der Waals surface area contributed by atoms with E-state index in [4.69, 9.17) is 5.26 Å². The third-order valence-corrected chi connectivity index (χ3v) is 2.53. The lowest BCUT2D eigenvalue weighted by Crippen LogP contribution is -2.19. The summed E-state index contributed by atoms with van der Waals surface area (Å²) >= 11 is 0. The second kappa shape index (κ2) is 6.45. The first kappa shape index (κ1) is 13.8. The Morgan fingerprint density at radius 2 is 2.28 bits per heavy atom. The van der Waals surface area contributed by atoms with Crippen LogP contribution >= 0.6 is 0 Å². The molecule has 1 rings (SSSR count). The Balaban J connectivity index is 3.14. The van der Waals surface area contributed by atoms with Crippen LogP contribution in [0.25, 0.3) is 0 Å². The van der Waals surface area contributed by atoms with E-state index >= 15 is 0 Å². The normalized spacial score (nSPS) is 9.61. The van der Waals surface area contributed by atoms with Gasteiger partial charge in [0, 0.05) is 20.1 Å². The van der Waals surface area contributed by atoms with Crippen LogP contribution in [0.15, 0.2) is 18.2 Å². The van der Waals surface area contributed by atoms with Gasteiger partial charge >= 0.3 is 5.69 Å². The lowest BCUT2D eigenvalue weighted by molar-refractivity contribution is -0.383. The number of nitrogens with one attached hydrogen (secondary N) is 1. The van der Waals surface area contributed by atoms with E-state index in [2.05, 4.69) is 5.32 Å². The SMILES string of the molecule is CCNc1cccc(N(C)CCC#N)c1[N+](=O)[O-]. The van der Waals surface area contributed by atoms with Crippen molar-refractivity contribution in [3.05, 3.63) is 28.3 Å². The van der Waals surface area contributed by atoms with Gasteiger partial charge in [0.1, 0.15) is 11.4 Å². The third kappa shape index (κ3) is 3.10. The van der Waals surface area contributed by atoms with E-state index in [9.17, 15) is 10.1 Å².